The van der Waals surface area contributed by atoms with Crippen molar-refractivity contribution >= 4 is 35.6 Å². The van der Waals surface area contributed by atoms with E-state index in [9.17, 15) is 0 Å². The van der Waals surface area contributed by atoms with Crippen LogP contribution in [0.1, 0.15) is 20.3 Å². The van der Waals surface area contributed by atoms with Crippen molar-refractivity contribution in [3.05, 3.63) is 30.3 Å². The molecule has 1 aromatic carbocycles. The fourth-order valence-corrected chi connectivity index (χ4v) is 1.80. The maximum absolute atomic E-state index is 4.18. The minimum absolute atomic E-state index is 0. The highest BCUT2D eigenvalue weighted by molar-refractivity contribution is 14.0. The Morgan fingerprint density at radius 2 is 1.90 bits per heavy atom. The number of guanidine groups is 1. The molecule has 0 aliphatic heterocycles. The zero-order chi connectivity index (χ0) is 14.1. The normalized spacial score (nSPS) is 10.9. The average molecular weight is 390 g/mol. The first kappa shape index (κ1) is 19.0. The lowest BCUT2D eigenvalue weighted by atomic mass is 10.3. The van der Waals surface area contributed by atoms with Crippen LogP contribution >= 0.6 is 24.0 Å². The number of nitrogens with one attached hydrogen (secondary N) is 2. The van der Waals surface area contributed by atoms with E-state index in [4.69, 9.17) is 0 Å². The molecular formula is C15H27IN4. The summed E-state index contributed by atoms with van der Waals surface area (Å²) in [4.78, 5) is 6.45. The number of halogens is 1. The van der Waals surface area contributed by atoms with E-state index < -0.39 is 0 Å². The molecule has 114 valence electrons. The number of hydrogen-bond donors (Lipinski definition) is 2. The summed E-state index contributed by atoms with van der Waals surface area (Å²) in [7, 11) is 3.92. The highest BCUT2D eigenvalue weighted by Crippen LogP contribution is 2.10. The first-order valence-corrected chi connectivity index (χ1v) is 6.87. The van der Waals surface area contributed by atoms with E-state index >= 15 is 0 Å². The Morgan fingerprint density at radius 1 is 1.25 bits per heavy atom. The van der Waals surface area contributed by atoms with Gasteiger partial charge in [0.2, 0.25) is 0 Å². The molecule has 0 aliphatic rings. The van der Waals surface area contributed by atoms with E-state index in [2.05, 4.69) is 65.7 Å². The van der Waals surface area contributed by atoms with Gasteiger partial charge in [0, 0.05) is 38.9 Å². The average Bonchev–Trinajstić information content (AvgIpc) is 2.42. The molecule has 0 aromatic heterocycles. The zero-order valence-corrected chi connectivity index (χ0v) is 15.2. The van der Waals surface area contributed by atoms with Gasteiger partial charge in [0.1, 0.15) is 0 Å². The van der Waals surface area contributed by atoms with Crippen molar-refractivity contribution in [3.63, 3.8) is 0 Å². The third kappa shape index (κ3) is 7.57. The standard InChI is InChI=1S/C15H26N4.HI/c1-13(2)18-15(16-3)17-11-8-12-19(4)14-9-6-5-7-10-14;/h5-7,9-10,13H,8,11-12H2,1-4H3,(H2,16,17,18);1H. The Labute approximate surface area is 140 Å². The smallest absolute Gasteiger partial charge is 0.191 e. The molecule has 0 saturated heterocycles. The van der Waals surface area contributed by atoms with E-state index in [1.807, 2.05) is 6.07 Å². The zero-order valence-electron chi connectivity index (χ0n) is 12.9. The summed E-state index contributed by atoms with van der Waals surface area (Å²) in [5.41, 5.74) is 1.26. The third-order valence-electron chi connectivity index (χ3n) is 2.81. The predicted molar refractivity (Wildman–Crippen MR) is 99.4 cm³/mol. The number of nitrogens with zero attached hydrogens (tertiary/aromatic N) is 2. The summed E-state index contributed by atoms with van der Waals surface area (Å²) in [5, 5.41) is 6.59. The highest BCUT2D eigenvalue weighted by Gasteiger charge is 2.01. The van der Waals surface area contributed by atoms with E-state index in [-0.39, 0.29) is 24.0 Å². The lowest BCUT2D eigenvalue weighted by Gasteiger charge is -2.20. The van der Waals surface area contributed by atoms with Crippen molar-refractivity contribution in [2.75, 3.05) is 32.1 Å². The topological polar surface area (TPSA) is 39.7 Å². The fraction of sp³-hybridized carbons (Fsp3) is 0.533. The second-order valence-electron chi connectivity index (χ2n) is 4.91. The molecule has 0 bridgehead atoms. The maximum atomic E-state index is 4.18. The summed E-state index contributed by atoms with van der Waals surface area (Å²) in [6, 6.07) is 10.8. The summed E-state index contributed by atoms with van der Waals surface area (Å²) in [6.07, 6.45) is 1.07. The van der Waals surface area contributed by atoms with E-state index in [0.717, 1.165) is 25.5 Å². The lowest BCUT2D eigenvalue weighted by molar-refractivity contribution is 0.682. The Bertz CT molecular complexity index is 379. The molecule has 4 nitrogen and oxygen atoms in total. The van der Waals surface area contributed by atoms with Crippen molar-refractivity contribution in [1.29, 1.82) is 0 Å². The fourth-order valence-electron chi connectivity index (χ4n) is 1.80. The van der Waals surface area contributed by atoms with E-state index in [1.54, 1.807) is 7.05 Å². The van der Waals surface area contributed by atoms with Crippen molar-refractivity contribution < 1.29 is 0 Å². The number of rotatable bonds is 6. The summed E-state index contributed by atoms with van der Waals surface area (Å²) in [5.74, 6) is 0.873. The summed E-state index contributed by atoms with van der Waals surface area (Å²) < 4.78 is 0. The van der Waals surface area contributed by atoms with Crippen molar-refractivity contribution in [2.24, 2.45) is 4.99 Å². The van der Waals surface area contributed by atoms with Crippen LogP contribution in [0.3, 0.4) is 0 Å². The molecule has 0 fully saturated rings. The van der Waals surface area contributed by atoms with Gasteiger partial charge in [0.25, 0.3) is 0 Å². The SMILES string of the molecule is CN=C(NCCCN(C)c1ccccc1)NC(C)C.I. The molecular weight excluding hydrogens is 363 g/mol. The van der Waals surface area contributed by atoms with Gasteiger partial charge in [-0.15, -0.1) is 24.0 Å². The predicted octanol–water partition coefficient (Wildman–Crippen LogP) is 2.70. The quantitative estimate of drug-likeness (QED) is 0.340. The van der Waals surface area contributed by atoms with Gasteiger partial charge in [-0.1, -0.05) is 18.2 Å². The van der Waals surface area contributed by atoms with Gasteiger partial charge in [0.05, 0.1) is 0 Å². The van der Waals surface area contributed by atoms with Crippen LogP contribution in [-0.4, -0.2) is 39.2 Å². The summed E-state index contributed by atoms with van der Waals surface area (Å²) in [6.45, 7) is 6.16. The number of benzene rings is 1. The second kappa shape index (κ2) is 10.8. The van der Waals surface area contributed by atoms with Crippen LogP contribution in [0.25, 0.3) is 0 Å². The Kier molecular flexibility index (Phi) is 10.2. The molecule has 0 heterocycles. The molecule has 2 N–H and O–H groups in total. The molecule has 0 aliphatic carbocycles. The number of aliphatic imine (C=N–C) groups is 1. The molecule has 1 rings (SSSR count). The Morgan fingerprint density at radius 3 is 2.45 bits per heavy atom. The molecule has 0 saturated carbocycles. The Hall–Kier alpha value is -0.980. The van der Waals surface area contributed by atoms with Gasteiger partial charge in [-0.25, -0.2) is 0 Å². The van der Waals surface area contributed by atoms with Crippen LogP contribution < -0.4 is 15.5 Å². The second-order valence-corrected chi connectivity index (χ2v) is 4.91. The first-order chi connectivity index (χ1) is 9.13. The van der Waals surface area contributed by atoms with Gasteiger partial charge in [-0.2, -0.15) is 0 Å². The third-order valence-corrected chi connectivity index (χ3v) is 2.81. The van der Waals surface area contributed by atoms with Crippen LogP contribution in [0, 0.1) is 0 Å². The van der Waals surface area contributed by atoms with Crippen LogP contribution in [0.5, 0.6) is 0 Å². The molecule has 5 heteroatoms. The molecule has 0 amide bonds. The lowest BCUT2D eigenvalue weighted by Crippen LogP contribution is -2.41. The Balaban J connectivity index is 0.00000361. The summed E-state index contributed by atoms with van der Waals surface area (Å²) >= 11 is 0. The molecule has 0 atom stereocenters. The number of para-hydroxylation sites is 1. The van der Waals surface area contributed by atoms with E-state index in [0.29, 0.717) is 6.04 Å². The van der Waals surface area contributed by atoms with Gasteiger partial charge < -0.3 is 15.5 Å². The van der Waals surface area contributed by atoms with E-state index in [1.165, 1.54) is 5.69 Å². The number of anilines is 1. The molecule has 0 radical (unpaired) electrons. The molecule has 0 unspecified atom stereocenters. The highest BCUT2D eigenvalue weighted by atomic mass is 127. The largest absolute Gasteiger partial charge is 0.375 e. The monoisotopic (exact) mass is 390 g/mol. The van der Waals surface area contributed by atoms with Gasteiger partial charge >= 0.3 is 0 Å². The van der Waals surface area contributed by atoms with Crippen molar-refractivity contribution in [2.45, 2.75) is 26.3 Å². The van der Waals surface area contributed by atoms with Crippen LogP contribution in [0.15, 0.2) is 35.3 Å². The van der Waals surface area contributed by atoms with Gasteiger partial charge in [-0.05, 0) is 32.4 Å². The molecule has 0 spiro atoms. The minimum atomic E-state index is 0. The van der Waals surface area contributed by atoms with Crippen molar-refractivity contribution in [3.8, 4) is 0 Å². The van der Waals surface area contributed by atoms with Crippen LogP contribution in [-0.2, 0) is 0 Å². The van der Waals surface area contributed by atoms with Crippen LogP contribution in [0.2, 0.25) is 0 Å². The van der Waals surface area contributed by atoms with Gasteiger partial charge in [0.15, 0.2) is 5.96 Å². The minimum Gasteiger partial charge on any atom is -0.375 e. The molecule has 20 heavy (non-hydrogen) atoms. The van der Waals surface area contributed by atoms with Gasteiger partial charge in [-0.3, -0.25) is 4.99 Å². The molecule has 1 aromatic rings. The van der Waals surface area contributed by atoms with Crippen molar-refractivity contribution in [1.82, 2.24) is 10.6 Å². The first-order valence-electron chi connectivity index (χ1n) is 6.87. The number of hydrogen-bond acceptors (Lipinski definition) is 2. The van der Waals surface area contributed by atoms with Crippen LogP contribution in [0.4, 0.5) is 5.69 Å². The maximum Gasteiger partial charge on any atom is 0.191 e.